The van der Waals surface area contributed by atoms with Crippen LogP contribution in [0.25, 0.3) is 5.47 Å². The number of nitrogens with zero attached hydrogens (tertiary/aromatic N) is 1. The van der Waals surface area contributed by atoms with Crippen LogP contribution in [0.1, 0.15) is 33.3 Å². The van der Waals surface area contributed by atoms with E-state index in [0.29, 0.717) is 13.2 Å². The van der Waals surface area contributed by atoms with Crippen LogP contribution >= 0.6 is 0 Å². The molecule has 0 atom stereocenters. The summed E-state index contributed by atoms with van der Waals surface area (Å²) in [6, 6.07) is 20.6. The van der Waals surface area contributed by atoms with E-state index in [4.69, 9.17) is 14.0 Å². The van der Waals surface area contributed by atoms with Gasteiger partial charge in [0.25, 0.3) is 0 Å². The van der Waals surface area contributed by atoms with Crippen molar-refractivity contribution >= 4 is 31.9 Å². The number of carbonyl (C=O) groups excluding carboxylic acids is 1. The first-order chi connectivity index (χ1) is 15.0. The second-order valence-electron chi connectivity index (χ2n) is 9.97. The molecule has 2 saturated heterocycles. The van der Waals surface area contributed by atoms with E-state index in [9.17, 15) is 4.79 Å². The second-order valence-corrected chi connectivity index (χ2v) is 14.3. The van der Waals surface area contributed by atoms with E-state index in [1.165, 1.54) is 5.19 Å². The van der Waals surface area contributed by atoms with Crippen molar-refractivity contribution in [3.05, 3.63) is 71.5 Å². The summed E-state index contributed by atoms with van der Waals surface area (Å²) in [7, 11) is -2.97. The van der Waals surface area contributed by atoms with E-state index in [0.717, 1.165) is 16.4 Å². The van der Waals surface area contributed by atoms with Crippen molar-refractivity contribution in [3.63, 3.8) is 0 Å². The highest BCUT2D eigenvalue weighted by molar-refractivity contribution is 6.98. The van der Waals surface area contributed by atoms with Gasteiger partial charge >= 0.3 is 13.2 Å². The topological polar surface area (TPSA) is 48.0 Å². The Morgan fingerprint density at radius 2 is 1.44 bits per heavy atom. The Labute approximate surface area is 192 Å². The monoisotopic (exact) mass is 449 g/mol. The van der Waals surface area contributed by atoms with Gasteiger partial charge in [0.05, 0.1) is 17.7 Å². The molecular weight excluding hydrogens is 417 g/mol. The first-order valence-corrected chi connectivity index (χ1v) is 14.2. The zero-order valence-corrected chi connectivity index (χ0v) is 20.8. The van der Waals surface area contributed by atoms with Crippen LogP contribution in [0.5, 0.6) is 0 Å². The van der Waals surface area contributed by atoms with Gasteiger partial charge in [0.1, 0.15) is 14.7 Å². The van der Waals surface area contributed by atoms with Crippen LogP contribution < -0.4 is 5.19 Å². The first kappa shape index (κ1) is 22.8. The van der Waals surface area contributed by atoms with Crippen molar-refractivity contribution in [3.8, 4) is 0 Å². The molecular formula is C25H32BNO4Si. The number of benzene rings is 2. The van der Waals surface area contributed by atoms with Crippen molar-refractivity contribution in [1.82, 2.24) is 4.90 Å². The number of amides is 1. The predicted molar refractivity (Wildman–Crippen MR) is 131 cm³/mol. The van der Waals surface area contributed by atoms with Gasteiger partial charge in [0.2, 0.25) is 0 Å². The van der Waals surface area contributed by atoms with Crippen LogP contribution in [0, 0.1) is 0 Å². The SMILES string of the molecule is CC1(C)OB(/C(=C(/N2CCOC2=O)[Si](C)(C)c2ccccc2)c2ccccc2)OC1(C)C. The summed E-state index contributed by atoms with van der Waals surface area (Å²) in [5.41, 5.74) is 0.931. The number of ether oxygens (including phenoxy) is 1. The molecule has 1 amide bonds. The first-order valence-electron chi connectivity index (χ1n) is 11.2. The predicted octanol–water partition coefficient (Wildman–Crippen LogP) is 4.64. The number of carbonyl (C=O) groups is 1. The molecule has 0 radical (unpaired) electrons. The van der Waals surface area contributed by atoms with E-state index in [-0.39, 0.29) is 6.09 Å². The third-order valence-electron chi connectivity index (χ3n) is 6.95. The van der Waals surface area contributed by atoms with E-state index < -0.39 is 26.4 Å². The Balaban J connectivity index is 2.00. The van der Waals surface area contributed by atoms with E-state index in [1.807, 2.05) is 29.2 Å². The summed E-state index contributed by atoms with van der Waals surface area (Å²) < 4.78 is 18.5. The molecule has 2 aliphatic heterocycles. The summed E-state index contributed by atoms with van der Waals surface area (Å²) in [5.74, 6) is 0. The summed E-state index contributed by atoms with van der Waals surface area (Å²) >= 11 is 0. The highest BCUT2D eigenvalue weighted by Crippen LogP contribution is 2.43. The molecule has 2 aliphatic rings. The Morgan fingerprint density at radius 1 is 0.906 bits per heavy atom. The third-order valence-corrected chi connectivity index (χ3v) is 10.4. The van der Waals surface area contributed by atoms with Crippen molar-refractivity contribution in [1.29, 1.82) is 0 Å². The molecule has 0 unspecified atom stereocenters. The summed E-state index contributed by atoms with van der Waals surface area (Å²) in [4.78, 5) is 14.7. The third kappa shape index (κ3) is 3.93. The van der Waals surface area contributed by atoms with E-state index in [1.54, 1.807) is 0 Å². The van der Waals surface area contributed by atoms with Crippen molar-refractivity contribution in [2.45, 2.75) is 52.0 Å². The molecule has 5 nitrogen and oxygen atoms in total. The fraction of sp³-hybridized carbons (Fsp3) is 0.400. The molecule has 4 rings (SSSR count). The van der Waals surface area contributed by atoms with Gasteiger partial charge in [0.15, 0.2) is 0 Å². The molecule has 0 aromatic heterocycles. The zero-order chi connectivity index (χ0) is 23.1. The smallest absolute Gasteiger partial charge is 0.447 e. The molecule has 0 bridgehead atoms. The van der Waals surface area contributed by atoms with Crippen LogP contribution in [0.3, 0.4) is 0 Å². The molecule has 2 aromatic carbocycles. The highest BCUT2D eigenvalue weighted by Gasteiger charge is 2.55. The lowest BCUT2D eigenvalue weighted by molar-refractivity contribution is 0.00578. The lowest BCUT2D eigenvalue weighted by Crippen LogP contribution is -2.51. The maximum absolute atomic E-state index is 12.9. The average Bonchev–Trinajstić information content (AvgIpc) is 3.26. The zero-order valence-electron chi connectivity index (χ0n) is 19.8. The summed E-state index contributed by atoms with van der Waals surface area (Å²) in [6.45, 7) is 13.7. The number of hydrogen-bond acceptors (Lipinski definition) is 4. The fourth-order valence-electron chi connectivity index (χ4n) is 4.37. The minimum Gasteiger partial charge on any atom is -0.447 e. The van der Waals surface area contributed by atoms with Gasteiger partial charge in [-0.2, -0.15) is 0 Å². The van der Waals surface area contributed by atoms with E-state index >= 15 is 0 Å². The minimum absolute atomic E-state index is 0.304. The van der Waals surface area contributed by atoms with Crippen molar-refractivity contribution in [2.24, 2.45) is 0 Å². The average molecular weight is 449 g/mol. The van der Waals surface area contributed by atoms with Gasteiger partial charge in [-0.25, -0.2) is 4.79 Å². The number of rotatable bonds is 5. The lowest BCUT2D eigenvalue weighted by Gasteiger charge is -2.35. The van der Waals surface area contributed by atoms with Gasteiger partial charge in [0, 0.05) is 10.8 Å². The van der Waals surface area contributed by atoms with Gasteiger partial charge in [-0.15, -0.1) is 0 Å². The Hall–Kier alpha value is -2.35. The molecule has 0 saturated carbocycles. The highest BCUT2D eigenvalue weighted by atomic mass is 28.3. The number of hydrogen-bond donors (Lipinski definition) is 0. The van der Waals surface area contributed by atoms with Gasteiger partial charge in [-0.05, 0) is 33.3 Å². The van der Waals surface area contributed by atoms with Crippen LogP contribution in [-0.4, -0.2) is 50.5 Å². The Bertz CT molecular complexity index is 1000. The fourth-order valence-corrected chi connectivity index (χ4v) is 7.48. The van der Waals surface area contributed by atoms with Crippen LogP contribution in [0.4, 0.5) is 4.79 Å². The largest absolute Gasteiger partial charge is 0.496 e. The van der Waals surface area contributed by atoms with Crippen molar-refractivity contribution in [2.75, 3.05) is 13.2 Å². The van der Waals surface area contributed by atoms with Crippen molar-refractivity contribution < 1.29 is 18.8 Å². The lowest BCUT2D eigenvalue weighted by atomic mass is 9.74. The maximum atomic E-state index is 12.9. The maximum Gasteiger partial charge on any atom is 0.496 e. The molecule has 0 aliphatic carbocycles. The molecule has 0 N–H and O–H groups in total. The molecule has 2 aromatic rings. The molecule has 7 heteroatoms. The van der Waals surface area contributed by atoms with E-state index in [2.05, 4.69) is 77.2 Å². The Morgan fingerprint density at radius 3 is 1.94 bits per heavy atom. The van der Waals surface area contributed by atoms with Gasteiger partial charge in [-0.1, -0.05) is 78.9 Å². The standard InChI is InChI=1S/C25H32BNO4Si/c1-24(2)25(3,4)31-26(30-24)21(19-13-9-7-10-14-19)22(27-17-18-29-23(27)28)32(5,6)20-15-11-8-12-16-20/h7-16H,17-18H2,1-6H3/b22-21-. The van der Waals surface area contributed by atoms with Crippen LogP contribution in [0.15, 0.2) is 66.0 Å². The Kier molecular flexibility index (Phi) is 5.86. The van der Waals surface area contributed by atoms with Crippen LogP contribution in [-0.2, 0) is 14.0 Å². The van der Waals surface area contributed by atoms with Crippen LogP contribution in [0.2, 0.25) is 13.1 Å². The molecule has 2 fully saturated rings. The molecule has 32 heavy (non-hydrogen) atoms. The summed E-state index contributed by atoms with van der Waals surface area (Å²) in [5, 5.41) is 2.22. The molecule has 0 spiro atoms. The summed E-state index contributed by atoms with van der Waals surface area (Å²) in [6.07, 6.45) is -0.304. The molecule has 2 heterocycles. The number of cyclic esters (lactones) is 1. The van der Waals surface area contributed by atoms with Gasteiger partial charge < -0.3 is 14.0 Å². The normalized spacial score (nSPS) is 20.9. The van der Waals surface area contributed by atoms with Gasteiger partial charge in [-0.3, -0.25) is 4.90 Å². The minimum atomic E-state index is -2.38. The quantitative estimate of drug-likeness (QED) is 0.625. The second kappa shape index (κ2) is 8.21. The molecule has 168 valence electrons.